The predicted molar refractivity (Wildman–Crippen MR) is 79.1 cm³/mol. The van der Waals surface area contributed by atoms with E-state index in [1.807, 2.05) is 20.8 Å². The van der Waals surface area contributed by atoms with Crippen molar-refractivity contribution in [3.63, 3.8) is 0 Å². The molecule has 0 aromatic heterocycles. The third-order valence-corrected chi connectivity index (χ3v) is 2.77. The van der Waals surface area contributed by atoms with Crippen molar-refractivity contribution in [2.24, 2.45) is 5.41 Å². The second-order valence-corrected chi connectivity index (χ2v) is 5.96. The van der Waals surface area contributed by atoms with E-state index in [1.54, 1.807) is 31.1 Å². The van der Waals surface area contributed by atoms with E-state index in [0.717, 1.165) is 0 Å². The molecule has 0 saturated heterocycles. The Morgan fingerprint density at radius 1 is 1.40 bits per heavy atom. The summed E-state index contributed by atoms with van der Waals surface area (Å²) in [4.78, 5) is 24.4. The van der Waals surface area contributed by atoms with Gasteiger partial charge in [0, 0.05) is 32.3 Å². The van der Waals surface area contributed by atoms with E-state index in [0.29, 0.717) is 17.8 Å². The van der Waals surface area contributed by atoms with E-state index in [4.69, 9.17) is 0 Å². The largest absolute Gasteiger partial charge is 0.383 e. The molecular weight excluding hydrogens is 258 g/mol. The minimum Gasteiger partial charge on any atom is -0.383 e. The summed E-state index contributed by atoms with van der Waals surface area (Å²) in [7, 11) is 3.31. The van der Waals surface area contributed by atoms with Crippen molar-refractivity contribution in [2.75, 3.05) is 26.0 Å². The molecule has 0 heterocycles. The Bertz CT molecular complexity index is 521. The molecule has 6 nitrogen and oxygen atoms in total. The van der Waals surface area contributed by atoms with Crippen molar-refractivity contribution in [1.29, 1.82) is 0 Å². The number of anilines is 1. The van der Waals surface area contributed by atoms with Crippen LogP contribution < -0.4 is 5.32 Å². The van der Waals surface area contributed by atoms with Crippen LogP contribution in [0.2, 0.25) is 0 Å². The number of nitrogens with zero attached hydrogens (tertiary/aromatic N) is 2. The highest BCUT2D eigenvalue weighted by Crippen LogP contribution is 2.26. The molecule has 1 N–H and O–H groups in total. The maximum absolute atomic E-state index is 12.3. The molecule has 0 unspecified atom stereocenters. The highest BCUT2D eigenvalue weighted by Gasteiger charge is 2.22. The molecule has 0 saturated carbocycles. The fraction of sp³-hybridized carbons (Fsp3) is 0.500. The molecule has 0 aliphatic heterocycles. The van der Waals surface area contributed by atoms with Gasteiger partial charge in [0.1, 0.15) is 5.69 Å². The van der Waals surface area contributed by atoms with Crippen LogP contribution in [0.25, 0.3) is 0 Å². The van der Waals surface area contributed by atoms with Crippen LogP contribution in [0, 0.1) is 15.5 Å². The summed E-state index contributed by atoms with van der Waals surface area (Å²) in [5.74, 6) is -0.217. The minimum atomic E-state index is -0.494. The molecule has 0 bridgehead atoms. The number of amides is 1. The summed E-state index contributed by atoms with van der Waals surface area (Å²) < 4.78 is 0. The lowest BCUT2D eigenvalue weighted by atomic mass is 9.96. The van der Waals surface area contributed by atoms with Gasteiger partial charge in [-0.05, 0) is 17.5 Å². The van der Waals surface area contributed by atoms with E-state index in [-0.39, 0.29) is 17.0 Å². The average Bonchev–Trinajstić information content (AvgIpc) is 2.34. The van der Waals surface area contributed by atoms with Crippen LogP contribution in [0.3, 0.4) is 0 Å². The van der Waals surface area contributed by atoms with Crippen molar-refractivity contribution < 1.29 is 9.72 Å². The van der Waals surface area contributed by atoms with Gasteiger partial charge in [-0.2, -0.15) is 0 Å². The Kier molecular flexibility index (Phi) is 4.70. The molecule has 6 heteroatoms. The minimum absolute atomic E-state index is 0.0265. The van der Waals surface area contributed by atoms with Gasteiger partial charge >= 0.3 is 0 Å². The highest BCUT2D eigenvalue weighted by atomic mass is 16.6. The van der Waals surface area contributed by atoms with Gasteiger partial charge in [-0.1, -0.05) is 20.8 Å². The summed E-state index contributed by atoms with van der Waals surface area (Å²) in [5, 5.41) is 13.7. The van der Waals surface area contributed by atoms with E-state index in [1.165, 1.54) is 6.07 Å². The third kappa shape index (κ3) is 3.94. The van der Waals surface area contributed by atoms with Gasteiger partial charge in [0.2, 0.25) is 0 Å². The van der Waals surface area contributed by atoms with E-state index in [2.05, 4.69) is 5.32 Å². The monoisotopic (exact) mass is 279 g/mol. The zero-order valence-corrected chi connectivity index (χ0v) is 12.6. The van der Waals surface area contributed by atoms with Crippen LogP contribution >= 0.6 is 0 Å². The number of nitro benzene ring substituents is 1. The summed E-state index contributed by atoms with van der Waals surface area (Å²) in [6.07, 6.45) is 0. The first kappa shape index (κ1) is 15.9. The van der Waals surface area contributed by atoms with Crippen LogP contribution in [0.4, 0.5) is 11.4 Å². The fourth-order valence-corrected chi connectivity index (χ4v) is 2.03. The molecule has 1 amide bonds. The lowest BCUT2D eigenvalue weighted by Gasteiger charge is -2.26. The van der Waals surface area contributed by atoms with Crippen LogP contribution in [-0.4, -0.2) is 36.4 Å². The van der Waals surface area contributed by atoms with Gasteiger partial charge in [0.05, 0.1) is 4.92 Å². The van der Waals surface area contributed by atoms with Crippen molar-refractivity contribution in [3.8, 4) is 0 Å². The Balaban J connectivity index is 3.05. The number of carbonyl (C=O) groups is 1. The van der Waals surface area contributed by atoms with Gasteiger partial charge in [-0.15, -0.1) is 0 Å². The molecule has 0 aliphatic rings. The first-order valence-electron chi connectivity index (χ1n) is 6.37. The SMILES string of the molecule is CNc1ccc(C(=O)N(C)CC(C)(C)C)cc1[N+](=O)[O-]. The van der Waals surface area contributed by atoms with Crippen molar-refractivity contribution in [1.82, 2.24) is 4.90 Å². The first-order valence-corrected chi connectivity index (χ1v) is 6.37. The molecule has 1 rings (SSSR count). The van der Waals surface area contributed by atoms with Crippen molar-refractivity contribution in [2.45, 2.75) is 20.8 Å². The number of nitro groups is 1. The Morgan fingerprint density at radius 3 is 2.45 bits per heavy atom. The predicted octanol–water partition coefficient (Wildman–Crippen LogP) is 2.75. The van der Waals surface area contributed by atoms with Gasteiger partial charge < -0.3 is 10.2 Å². The maximum atomic E-state index is 12.3. The number of hydrogen-bond donors (Lipinski definition) is 1. The summed E-state index contributed by atoms with van der Waals surface area (Å²) in [6, 6.07) is 4.46. The number of rotatable bonds is 4. The van der Waals surface area contributed by atoms with Gasteiger partial charge in [-0.3, -0.25) is 14.9 Å². The molecule has 0 spiro atoms. The van der Waals surface area contributed by atoms with E-state index < -0.39 is 4.92 Å². The number of carbonyl (C=O) groups excluding carboxylic acids is 1. The highest BCUT2D eigenvalue weighted by molar-refractivity contribution is 5.95. The Labute approximate surface area is 118 Å². The van der Waals surface area contributed by atoms with Crippen molar-refractivity contribution >= 4 is 17.3 Å². The second-order valence-electron chi connectivity index (χ2n) is 5.96. The molecule has 20 heavy (non-hydrogen) atoms. The molecule has 0 fully saturated rings. The van der Waals surface area contributed by atoms with Crippen LogP contribution in [0.5, 0.6) is 0 Å². The standard InChI is InChI=1S/C14H21N3O3/c1-14(2,3)9-16(5)13(18)10-6-7-11(15-4)12(8-10)17(19)20/h6-8,15H,9H2,1-5H3. The van der Waals surface area contributed by atoms with Crippen LogP contribution in [0.1, 0.15) is 31.1 Å². The van der Waals surface area contributed by atoms with Gasteiger partial charge in [0.15, 0.2) is 0 Å². The van der Waals surface area contributed by atoms with E-state index >= 15 is 0 Å². The quantitative estimate of drug-likeness (QED) is 0.679. The molecule has 1 aromatic rings. The van der Waals surface area contributed by atoms with E-state index in [9.17, 15) is 14.9 Å². The molecular formula is C14H21N3O3. The van der Waals surface area contributed by atoms with Crippen molar-refractivity contribution in [3.05, 3.63) is 33.9 Å². The van der Waals surface area contributed by atoms with Gasteiger partial charge in [-0.25, -0.2) is 0 Å². The number of nitrogens with one attached hydrogen (secondary N) is 1. The third-order valence-electron chi connectivity index (χ3n) is 2.77. The second kappa shape index (κ2) is 5.90. The summed E-state index contributed by atoms with van der Waals surface area (Å²) >= 11 is 0. The molecule has 1 aromatic carbocycles. The Morgan fingerprint density at radius 2 is 2.00 bits per heavy atom. The smallest absolute Gasteiger partial charge is 0.293 e. The molecule has 110 valence electrons. The normalized spacial score (nSPS) is 11.1. The topological polar surface area (TPSA) is 75.5 Å². The Hall–Kier alpha value is -2.11. The fourth-order valence-electron chi connectivity index (χ4n) is 2.03. The zero-order chi connectivity index (χ0) is 15.5. The molecule has 0 radical (unpaired) electrons. The van der Waals surface area contributed by atoms with Crippen LogP contribution in [-0.2, 0) is 0 Å². The number of hydrogen-bond acceptors (Lipinski definition) is 4. The average molecular weight is 279 g/mol. The van der Waals surface area contributed by atoms with Gasteiger partial charge in [0.25, 0.3) is 11.6 Å². The number of benzene rings is 1. The molecule has 0 aliphatic carbocycles. The lowest BCUT2D eigenvalue weighted by molar-refractivity contribution is -0.384. The lowest BCUT2D eigenvalue weighted by Crippen LogP contribution is -2.34. The first-order chi connectivity index (χ1) is 9.15. The zero-order valence-electron chi connectivity index (χ0n) is 12.6. The summed E-state index contributed by atoms with van der Waals surface area (Å²) in [5.41, 5.74) is 0.594. The summed E-state index contributed by atoms with van der Waals surface area (Å²) in [6.45, 7) is 6.67. The molecule has 0 atom stereocenters. The van der Waals surface area contributed by atoms with Crippen LogP contribution in [0.15, 0.2) is 18.2 Å². The maximum Gasteiger partial charge on any atom is 0.293 e.